The van der Waals surface area contributed by atoms with Crippen molar-refractivity contribution in [2.45, 2.75) is 12.6 Å². The van der Waals surface area contributed by atoms with E-state index in [1.165, 1.54) is 18.7 Å². The number of nitrogens with zero attached hydrogens (tertiary/aromatic N) is 1. The molecule has 7 heteroatoms. The van der Waals surface area contributed by atoms with Gasteiger partial charge in [0.05, 0.1) is 30.0 Å². The van der Waals surface area contributed by atoms with E-state index in [9.17, 15) is 9.59 Å². The van der Waals surface area contributed by atoms with Gasteiger partial charge in [-0.15, -0.1) is 0 Å². The van der Waals surface area contributed by atoms with Crippen molar-refractivity contribution in [2.75, 3.05) is 32.1 Å². The van der Waals surface area contributed by atoms with Gasteiger partial charge in [-0.3, -0.25) is 9.69 Å². The number of anilines is 1. The number of methoxy groups -OCH3 is 1. The maximum absolute atomic E-state index is 12.6. The van der Waals surface area contributed by atoms with Crippen LogP contribution in [0.3, 0.4) is 0 Å². The molecule has 0 bridgehead atoms. The average Bonchev–Trinajstić information content (AvgIpc) is 2.70. The highest BCUT2D eigenvalue weighted by Gasteiger charge is 2.27. The lowest BCUT2D eigenvalue weighted by Crippen LogP contribution is -2.47. The highest BCUT2D eigenvalue weighted by atomic mass is 35.5. The minimum absolute atomic E-state index is 0.295. The number of nitrogens with one attached hydrogen (secondary N) is 1. The number of esters is 1. The molecule has 0 spiro atoms. The van der Waals surface area contributed by atoms with Crippen LogP contribution in [-0.2, 0) is 20.8 Å². The minimum atomic E-state index is -0.611. The Morgan fingerprint density at radius 2 is 2.04 bits per heavy atom. The van der Waals surface area contributed by atoms with E-state index in [1.54, 1.807) is 12.1 Å². The van der Waals surface area contributed by atoms with Gasteiger partial charge < -0.3 is 14.8 Å². The molecule has 1 saturated heterocycles. The van der Waals surface area contributed by atoms with Gasteiger partial charge in [-0.25, -0.2) is 4.79 Å². The Hall–Kier alpha value is -2.41. The standard InChI is InChI=1S/C20H21ClN2O4/c1-26-20(25)15-7-8-16(21)17(11-15)22-19(24)18-13-23(9-10-27-18)12-14-5-3-2-4-6-14/h2-8,11,18H,9-10,12-13H2,1H3,(H,22,24)/t18-/m0/s1. The number of hydrogen-bond donors (Lipinski definition) is 1. The van der Waals surface area contributed by atoms with Crippen molar-refractivity contribution in [1.82, 2.24) is 4.90 Å². The van der Waals surface area contributed by atoms with Crippen molar-refractivity contribution in [3.8, 4) is 0 Å². The van der Waals surface area contributed by atoms with Crippen LogP contribution < -0.4 is 5.32 Å². The number of halogens is 1. The first-order chi connectivity index (χ1) is 13.1. The Morgan fingerprint density at radius 1 is 1.26 bits per heavy atom. The molecule has 3 rings (SSSR count). The van der Waals surface area contributed by atoms with Crippen molar-refractivity contribution < 1.29 is 19.1 Å². The van der Waals surface area contributed by atoms with Gasteiger partial charge in [0.15, 0.2) is 0 Å². The molecule has 0 aliphatic carbocycles. The second-order valence-corrected chi connectivity index (χ2v) is 6.66. The fraction of sp³-hybridized carbons (Fsp3) is 0.300. The molecule has 1 aliphatic heterocycles. The molecule has 1 amide bonds. The van der Waals surface area contributed by atoms with Crippen molar-refractivity contribution >= 4 is 29.2 Å². The van der Waals surface area contributed by atoms with Crippen LogP contribution in [-0.4, -0.2) is 49.7 Å². The monoisotopic (exact) mass is 388 g/mol. The summed E-state index contributed by atoms with van der Waals surface area (Å²) in [7, 11) is 1.30. The predicted molar refractivity (Wildman–Crippen MR) is 103 cm³/mol. The third kappa shape index (κ3) is 5.07. The predicted octanol–water partition coefficient (Wildman–Crippen LogP) is 2.97. The molecule has 2 aromatic carbocycles. The smallest absolute Gasteiger partial charge is 0.337 e. The molecule has 27 heavy (non-hydrogen) atoms. The summed E-state index contributed by atoms with van der Waals surface area (Å²) in [5.74, 6) is -0.790. The molecule has 142 valence electrons. The SMILES string of the molecule is COC(=O)c1ccc(Cl)c(NC(=O)[C@@H]2CN(Cc3ccccc3)CCO2)c1. The summed E-state index contributed by atoms with van der Waals surface area (Å²) < 4.78 is 10.3. The summed E-state index contributed by atoms with van der Waals surface area (Å²) in [6, 6.07) is 14.7. The van der Waals surface area contributed by atoms with Crippen LogP contribution in [0.1, 0.15) is 15.9 Å². The Kier molecular flexibility index (Phi) is 6.45. The Labute approximate surface area is 163 Å². The van der Waals surface area contributed by atoms with Gasteiger partial charge in [-0.1, -0.05) is 41.9 Å². The second kappa shape index (κ2) is 8.99. The molecule has 0 saturated carbocycles. The summed E-state index contributed by atoms with van der Waals surface area (Å²) in [4.78, 5) is 26.5. The van der Waals surface area contributed by atoms with Gasteiger partial charge in [0.1, 0.15) is 6.10 Å². The zero-order valence-corrected chi connectivity index (χ0v) is 15.7. The van der Waals surface area contributed by atoms with Crippen molar-refractivity contribution in [3.63, 3.8) is 0 Å². The van der Waals surface area contributed by atoms with E-state index in [0.29, 0.717) is 29.4 Å². The maximum Gasteiger partial charge on any atom is 0.337 e. The molecule has 1 N–H and O–H groups in total. The third-order valence-electron chi connectivity index (χ3n) is 4.34. The number of carbonyl (C=O) groups excluding carboxylic acids is 2. The van der Waals surface area contributed by atoms with Crippen molar-refractivity contribution in [1.29, 1.82) is 0 Å². The summed E-state index contributed by atoms with van der Waals surface area (Å²) in [5, 5.41) is 3.09. The summed E-state index contributed by atoms with van der Waals surface area (Å²) in [5.41, 5.74) is 1.85. The van der Waals surface area contributed by atoms with Crippen LogP contribution >= 0.6 is 11.6 Å². The lowest BCUT2D eigenvalue weighted by atomic mass is 10.1. The van der Waals surface area contributed by atoms with Crippen LogP contribution in [0.2, 0.25) is 5.02 Å². The number of rotatable bonds is 5. The van der Waals surface area contributed by atoms with E-state index >= 15 is 0 Å². The van der Waals surface area contributed by atoms with Crippen LogP contribution in [0.4, 0.5) is 5.69 Å². The van der Waals surface area contributed by atoms with Crippen LogP contribution in [0.25, 0.3) is 0 Å². The van der Waals surface area contributed by atoms with Gasteiger partial charge in [0, 0.05) is 19.6 Å². The molecular formula is C20H21ClN2O4. The van der Waals surface area contributed by atoms with Gasteiger partial charge in [0.25, 0.3) is 5.91 Å². The lowest BCUT2D eigenvalue weighted by molar-refractivity contribution is -0.133. The molecule has 1 atom stereocenters. The van der Waals surface area contributed by atoms with E-state index < -0.39 is 12.1 Å². The van der Waals surface area contributed by atoms with E-state index in [-0.39, 0.29) is 5.91 Å². The van der Waals surface area contributed by atoms with E-state index in [2.05, 4.69) is 22.3 Å². The van der Waals surface area contributed by atoms with Gasteiger partial charge in [-0.05, 0) is 23.8 Å². The summed E-state index contributed by atoms with van der Waals surface area (Å²) >= 11 is 6.15. The molecule has 1 heterocycles. The fourth-order valence-electron chi connectivity index (χ4n) is 2.93. The number of amides is 1. The topological polar surface area (TPSA) is 67.9 Å². The maximum atomic E-state index is 12.6. The molecule has 0 unspecified atom stereocenters. The van der Waals surface area contributed by atoms with E-state index in [1.807, 2.05) is 18.2 Å². The van der Waals surface area contributed by atoms with E-state index in [4.69, 9.17) is 21.1 Å². The average molecular weight is 389 g/mol. The molecule has 0 radical (unpaired) electrons. The summed E-state index contributed by atoms with van der Waals surface area (Å²) in [6.45, 7) is 2.47. The minimum Gasteiger partial charge on any atom is -0.465 e. The second-order valence-electron chi connectivity index (χ2n) is 6.26. The first kappa shape index (κ1) is 19.4. The molecular weight excluding hydrogens is 368 g/mol. The summed E-state index contributed by atoms with van der Waals surface area (Å²) in [6.07, 6.45) is -0.611. The largest absolute Gasteiger partial charge is 0.465 e. The highest BCUT2D eigenvalue weighted by molar-refractivity contribution is 6.33. The fourth-order valence-corrected chi connectivity index (χ4v) is 3.09. The highest BCUT2D eigenvalue weighted by Crippen LogP contribution is 2.24. The van der Waals surface area contributed by atoms with Gasteiger partial charge >= 0.3 is 5.97 Å². The number of carbonyl (C=O) groups is 2. The van der Waals surface area contributed by atoms with Crippen molar-refractivity contribution in [2.24, 2.45) is 0 Å². The number of benzene rings is 2. The van der Waals surface area contributed by atoms with Gasteiger partial charge in [0.2, 0.25) is 0 Å². The molecule has 1 aliphatic rings. The zero-order chi connectivity index (χ0) is 19.2. The zero-order valence-electron chi connectivity index (χ0n) is 15.0. The van der Waals surface area contributed by atoms with Gasteiger partial charge in [-0.2, -0.15) is 0 Å². The molecule has 1 fully saturated rings. The number of ether oxygens (including phenoxy) is 2. The third-order valence-corrected chi connectivity index (χ3v) is 4.67. The Balaban J connectivity index is 1.64. The van der Waals surface area contributed by atoms with Crippen LogP contribution in [0, 0.1) is 0 Å². The molecule has 0 aromatic heterocycles. The van der Waals surface area contributed by atoms with Crippen LogP contribution in [0.5, 0.6) is 0 Å². The van der Waals surface area contributed by atoms with Crippen LogP contribution in [0.15, 0.2) is 48.5 Å². The Morgan fingerprint density at radius 3 is 2.78 bits per heavy atom. The lowest BCUT2D eigenvalue weighted by Gasteiger charge is -2.32. The normalized spacial score (nSPS) is 17.3. The van der Waals surface area contributed by atoms with E-state index in [0.717, 1.165) is 13.1 Å². The first-order valence-electron chi connectivity index (χ1n) is 8.63. The first-order valence-corrected chi connectivity index (χ1v) is 9.01. The quantitative estimate of drug-likeness (QED) is 0.797. The molecule has 6 nitrogen and oxygen atoms in total. The number of hydrogen-bond acceptors (Lipinski definition) is 5. The van der Waals surface area contributed by atoms with Crippen molar-refractivity contribution in [3.05, 3.63) is 64.7 Å². The Bertz CT molecular complexity index is 813. The number of morpholine rings is 1. The molecule has 2 aromatic rings.